The van der Waals surface area contributed by atoms with Gasteiger partial charge in [0.1, 0.15) is 18.3 Å². The average molecular weight is 302 g/mol. The Labute approximate surface area is 124 Å². The predicted octanol–water partition coefficient (Wildman–Crippen LogP) is -2.59. The monoisotopic (exact) mass is 302 g/mol. The fraction of sp³-hybridized carbons (Fsp3) is 1.00. The van der Waals surface area contributed by atoms with Gasteiger partial charge in [0.05, 0.1) is 18.9 Å². The Morgan fingerprint density at radius 1 is 1.00 bits per heavy atom. The van der Waals surface area contributed by atoms with Gasteiger partial charge in [0.15, 0.2) is 0 Å². The fourth-order valence-corrected chi connectivity index (χ4v) is 4.80. The molecule has 0 aromatic rings. The van der Waals surface area contributed by atoms with Gasteiger partial charge in [-0.05, 0) is 0 Å². The van der Waals surface area contributed by atoms with Crippen molar-refractivity contribution in [2.24, 2.45) is 10.8 Å². The summed E-state index contributed by atoms with van der Waals surface area (Å²) in [6.07, 6.45) is -4.64. The zero-order valence-electron chi connectivity index (χ0n) is 12.6. The molecule has 122 valence electrons. The van der Waals surface area contributed by atoms with Crippen molar-refractivity contribution in [3.63, 3.8) is 0 Å². The van der Waals surface area contributed by atoms with Gasteiger partial charge in [-0.2, -0.15) is 0 Å². The number of aliphatic hydroxyl groups is 5. The fourth-order valence-electron chi connectivity index (χ4n) is 4.80. The van der Waals surface area contributed by atoms with Crippen LogP contribution in [0, 0.1) is 10.8 Å². The molecule has 4 fully saturated rings. The molecule has 0 radical (unpaired) electrons. The molecule has 0 aromatic carbocycles. The molecule has 7 heteroatoms. The summed E-state index contributed by atoms with van der Waals surface area (Å²) in [5.74, 6) is 0. The lowest BCUT2D eigenvalue weighted by atomic mass is 9.60. The third-order valence-electron chi connectivity index (χ3n) is 5.56. The molecule has 0 saturated carbocycles. The van der Waals surface area contributed by atoms with Crippen LogP contribution in [0.3, 0.4) is 0 Å². The zero-order chi connectivity index (χ0) is 15.6. The summed E-state index contributed by atoms with van der Waals surface area (Å²) in [4.78, 5) is 4.16. The summed E-state index contributed by atoms with van der Waals surface area (Å²) in [7, 11) is 0. The maximum Gasteiger partial charge on any atom is 0.111 e. The van der Waals surface area contributed by atoms with E-state index in [0.29, 0.717) is 26.2 Å². The SMILES string of the molecule is CC12CN3CC(C)(CN(C1)C3[C@H](O)[C@H](O)[C@H](O)CO)C2O. The first-order chi connectivity index (χ1) is 9.72. The van der Waals surface area contributed by atoms with Crippen LogP contribution in [0.25, 0.3) is 0 Å². The second kappa shape index (κ2) is 4.86. The van der Waals surface area contributed by atoms with E-state index in [0.717, 1.165) is 0 Å². The largest absolute Gasteiger partial charge is 0.394 e. The van der Waals surface area contributed by atoms with Crippen LogP contribution in [0.1, 0.15) is 13.8 Å². The molecule has 4 aliphatic heterocycles. The van der Waals surface area contributed by atoms with Crippen molar-refractivity contribution in [2.75, 3.05) is 32.8 Å². The van der Waals surface area contributed by atoms with Crippen molar-refractivity contribution < 1.29 is 25.5 Å². The first-order valence-corrected chi connectivity index (χ1v) is 7.53. The van der Waals surface area contributed by atoms with Crippen LogP contribution in [0.2, 0.25) is 0 Å². The second-order valence-corrected chi connectivity index (χ2v) is 7.67. The van der Waals surface area contributed by atoms with E-state index in [1.165, 1.54) is 0 Å². The highest BCUT2D eigenvalue weighted by Gasteiger charge is 2.63. The van der Waals surface area contributed by atoms with E-state index < -0.39 is 24.9 Å². The molecule has 21 heavy (non-hydrogen) atoms. The van der Waals surface area contributed by atoms with Crippen LogP contribution in [0.5, 0.6) is 0 Å². The van der Waals surface area contributed by atoms with Gasteiger partial charge in [0.25, 0.3) is 0 Å². The first kappa shape index (κ1) is 15.6. The molecule has 4 rings (SSSR count). The van der Waals surface area contributed by atoms with Crippen molar-refractivity contribution in [1.29, 1.82) is 0 Å². The smallest absolute Gasteiger partial charge is 0.111 e. The van der Waals surface area contributed by atoms with Crippen LogP contribution in [-0.4, -0.2) is 98.7 Å². The van der Waals surface area contributed by atoms with Gasteiger partial charge >= 0.3 is 0 Å². The minimum Gasteiger partial charge on any atom is -0.394 e. The standard InChI is InChI=1S/C14H26N2O5/c1-13-4-15-6-14(2,12(13)21)7-16(5-13)11(15)10(20)9(19)8(18)3-17/h8-12,17-21H,3-7H2,1-2H3/t8-,9-,10-,11?,12?,13?,14?/m1/s1. The van der Waals surface area contributed by atoms with E-state index >= 15 is 0 Å². The van der Waals surface area contributed by atoms with Crippen LogP contribution < -0.4 is 0 Å². The maximum atomic E-state index is 10.6. The van der Waals surface area contributed by atoms with Crippen LogP contribution in [0.4, 0.5) is 0 Å². The molecule has 4 aliphatic rings. The van der Waals surface area contributed by atoms with Gasteiger partial charge in [-0.3, -0.25) is 9.80 Å². The van der Waals surface area contributed by atoms with E-state index in [9.17, 15) is 20.4 Å². The Balaban J connectivity index is 1.82. The highest BCUT2D eigenvalue weighted by atomic mass is 16.4. The van der Waals surface area contributed by atoms with Crippen molar-refractivity contribution in [3.05, 3.63) is 0 Å². The molecule has 0 unspecified atom stereocenters. The Kier molecular flexibility index (Phi) is 3.61. The van der Waals surface area contributed by atoms with Crippen molar-refractivity contribution >= 4 is 0 Å². The Hall–Kier alpha value is -0.280. The lowest BCUT2D eigenvalue weighted by Gasteiger charge is -2.68. The van der Waals surface area contributed by atoms with Gasteiger partial charge in [0.2, 0.25) is 0 Å². The third kappa shape index (κ3) is 2.15. The van der Waals surface area contributed by atoms with Crippen LogP contribution in [0.15, 0.2) is 0 Å². The highest BCUT2D eigenvalue weighted by Crippen LogP contribution is 2.51. The topological polar surface area (TPSA) is 108 Å². The van der Waals surface area contributed by atoms with Gasteiger partial charge in [-0.25, -0.2) is 0 Å². The summed E-state index contributed by atoms with van der Waals surface area (Å²) in [6.45, 7) is 6.15. The Bertz CT molecular complexity index is 382. The molecule has 3 atom stereocenters. The minimum atomic E-state index is -1.39. The summed E-state index contributed by atoms with van der Waals surface area (Å²) in [5, 5.41) is 49.5. The van der Waals surface area contributed by atoms with Crippen LogP contribution in [-0.2, 0) is 0 Å². The summed E-state index contributed by atoms with van der Waals surface area (Å²) >= 11 is 0. The number of rotatable bonds is 4. The molecule has 0 spiro atoms. The molecule has 0 amide bonds. The number of hydrogen-bond acceptors (Lipinski definition) is 7. The number of aliphatic hydroxyl groups excluding tert-OH is 5. The Morgan fingerprint density at radius 2 is 1.43 bits per heavy atom. The third-order valence-corrected chi connectivity index (χ3v) is 5.56. The number of hydrogen-bond donors (Lipinski definition) is 5. The average Bonchev–Trinajstić information content (AvgIpc) is 2.41. The van der Waals surface area contributed by atoms with Gasteiger partial charge in [-0.1, -0.05) is 13.8 Å². The normalized spacial score (nSPS) is 52.7. The lowest BCUT2D eigenvalue weighted by molar-refractivity contribution is -0.276. The van der Waals surface area contributed by atoms with E-state index in [1.807, 2.05) is 0 Å². The molecular formula is C14H26N2O5. The van der Waals surface area contributed by atoms with Crippen molar-refractivity contribution in [3.8, 4) is 0 Å². The van der Waals surface area contributed by atoms with Gasteiger partial charge in [-0.15, -0.1) is 0 Å². The summed E-state index contributed by atoms with van der Waals surface area (Å²) < 4.78 is 0. The van der Waals surface area contributed by atoms with E-state index in [2.05, 4.69) is 23.6 Å². The summed E-state index contributed by atoms with van der Waals surface area (Å²) in [6, 6.07) is 0. The van der Waals surface area contributed by atoms with Gasteiger partial charge < -0.3 is 25.5 Å². The van der Waals surface area contributed by atoms with Crippen molar-refractivity contribution in [2.45, 2.75) is 44.4 Å². The molecule has 0 aromatic heterocycles. The quantitative estimate of drug-likeness (QED) is 0.388. The lowest BCUT2D eigenvalue weighted by Crippen LogP contribution is -2.81. The molecular weight excluding hydrogens is 276 g/mol. The zero-order valence-corrected chi connectivity index (χ0v) is 12.6. The summed E-state index contributed by atoms with van der Waals surface area (Å²) in [5.41, 5.74) is -0.468. The maximum absolute atomic E-state index is 10.6. The van der Waals surface area contributed by atoms with E-state index in [-0.39, 0.29) is 23.1 Å². The number of piperidine rings is 2. The highest BCUT2D eigenvalue weighted by molar-refractivity contribution is 5.14. The molecule has 7 nitrogen and oxygen atoms in total. The van der Waals surface area contributed by atoms with Crippen molar-refractivity contribution in [1.82, 2.24) is 9.80 Å². The van der Waals surface area contributed by atoms with E-state index in [4.69, 9.17) is 5.11 Å². The van der Waals surface area contributed by atoms with Gasteiger partial charge in [0, 0.05) is 37.0 Å². The molecule has 4 saturated heterocycles. The second-order valence-electron chi connectivity index (χ2n) is 7.67. The minimum absolute atomic E-state index is 0.234. The number of nitrogens with zero attached hydrogens (tertiary/aromatic N) is 2. The molecule has 5 N–H and O–H groups in total. The molecule has 0 aliphatic carbocycles. The molecule has 4 bridgehead atoms. The van der Waals surface area contributed by atoms with E-state index in [1.54, 1.807) is 0 Å². The predicted molar refractivity (Wildman–Crippen MR) is 74.3 cm³/mol. The first-order valence-electron chi connectivity index (χ1n) is 7.53. The van der Waals surface area contributed by atoms with Crippen LogP contribution >= 0.6 is 0 Å². The Morgan fingerprint density at radius 3 is 1.81 bits per heavy atom. The molecule has 4 heterocycles.